The van der Waals surface area contributed by atoms with Crippen molar-refractivity contribution in [3.05, 3.63) is 53.3 Å². The summed E-state index contributed by atoms with van der Waals surface area (Å²) in [5.41, 5.74) is 2.97. The molecule has 25 heavy (non-hydrogen) atoms. The maximum Gasteiger partial charge on any atom is 0.253 e. The molecule has 0 bridgehead atoms. The van der Waals surface area contributed by atoms with Gasteiger partial charge < -0.3 is 10.1 Å². The van der Waals surface area contributed by atoms with E-state index >= 15 is 0 Å². The van der Waals surface area contributed by atoms with Gasteiger partial charge in [0, 0.05) is 29.4 Å². The largest absolute Gasteiger partial charge is 0.493 e. The summed E-state index contributed by atoms with van der Waals surface area (Å²) in [4.78, 5) is 16.7. The number of H-pyrrole nitrogens is 1. The average Bonchev–Trinajstić information content (AvgIpc) is 2.99. The SMILES string of the molecule is Cc1[nH]nc2ncc(C(=O)NCc3ccccc3OCC(C)C)cc12. The lowest BCUT2D eigenvalue weighted by Gasteiger charge is -2.13. The molecule has 3 aromatic rings. The molecule has 0 saturated heterocycles. The van der Waals surface area contributed by atoms with E-state index < -0.39 is 0 Å². The molecule has 1 amide bonds. The van der Waals surface area contributed by atoms with Gasteiger partial charge in [-0.2, -0.15) is 5.10 Å². The molecule has 0 fully saturated rings. The van der Waals surface area contributed by atoms with Crippen molar-refractivity contribution >= 4 is 16.9 Å². The van der Waals surface area contributed by atoms with Gasteiger partial charge in [-0.1, -0.05) is 32.0 Å². The highest BCUT2D eigenvalue weighted by molar-refractivity contribution is 5.97. The number of para-hydroxylation sites is 1. The van der Waals surface area contributed by atoms with Gasteiger partial charge in [0.05, 0.1) is 12.2 Å². The van der Waals surface area contributed by atoms with E-state index in [9.17, 15) is 4.79 Å². The molecule has 0 radical (unpaired) electrons. The van der Waals surface area contributed by atoms with Crippen LogP contribution in [0.25, 0.3) is 11.0 Å². The second-order valence-electron chi connectivity index (χ2n) is 6.44. The number of benzene rings is 1. The fourth-order valence-electron chi connectivity index (χ4n) is 2.47. The molecule has 0 spiro atoms. The highest BCUT2D eigenvalue weighted by atomic mass is 16.5. The molecular weight excluding hydrogens is 316 g/mol. The molecular formula is C19H22N4O2. The van der Waals surface area contributed by atoms with Gasteiger partial charge in [-0.05, 0) is 25.0 Å². The van der Waals surface area contributed by atoms with Gasteiger partial charge in [0.1, 0.15) is 5.75 Å². The standard InChI is InChI=1S/C19H22N4O2/c1-12(2)11-25-17-7-5-4-6-14(17)9-21-19(24)15-8-16-13(3)22-23-18(16)20-10-15/h4-8,10,12H,9,11H2,1-3H3,(H,21,24)(H,20,22,23). The van der Waals surface area contributed by atoms with Crippen molar-refractivity contribution in [2.24, 2.45) is 5.92 Å². The van der Waals surface area contributed by atoms with Crippen LogP contribution < -0.4 is 10.1 Å². The van der Waals surface area contributed by atoms with Crippen molar-refractivity contribution in [1.29, 1.82) is 0 Å². The minimum atomic E-state index is -0.173. The summed E-state index contributed by atoms with van der Waals surface area (Å²) in [5, 5.41) is 10.7. The number of nitrogens with one attached hydrogen (secondary N) is 2. The topological polar surface area (TPSA) is 79.9 Å². The molecule has 130 valence electrons. The minimum Gasteiger partial charge on any atom is -0.493 e. The number of fused-ring (bicyclic) bond motifs is 1. The number of rotatable bonds is 6. The smallest absolute Gasteiger partial charge is 0.253 e. The second-order valence-corrected chi connectivity index (χ2v) is 6.44. The number of aryl methyl sites for hydroxylation is 1. The number of amides is 1. The first-order valence-electron chi connectivity index (χ1n) is 8.34. The maximum atomic E-state index is 12.4. The number of carbonyl (C=O) groups excluding carboxylic acids is 1. The van der Waals surface area contributed by atoms with Crippen molar-refractivity contribution in [3.8, 4) is 5.75 Å². The van der Waals surface area contributed by atoms with E-state index in [1.54, 1.807) is 12.3 Å². The van der Waals surface area contributed by atoms with Crippen LogP contribution in [0.3, 0.4) is 0 Å². The number of pyridine rings is 1. The Bertz CT molecular complexity index is 886. The molecule has 6 heteroatoms. The molecule has 0 unspecified atom stereocenters. The van der Waals surface area contributed by atoms with E-state index in [0.29, 0.717) is 30.3 Å². The Morgan fingerprint density at radius 2 is 2.12 bits per heavy atom. The van der Waals surface area contributed by atoms with Crippen molar-refractivity contribution in [1.82, 2.24) is 20.5 Å². The van der Waals surface area contributed by atoms with Gasteiger partial charge in [0.25, 0.3) is 5.91 Å². The van der Waals surface area contributed by atoms with Crippen molar-refractivity contribution < 1.29 is 9.53 Å². The van der Waals surface area contributed by atoms with Gasteiger partial charge >= 0.3 is 0 Å². The summed E-state index contributed by atoms with van der Waals surface area (Å²) in [5.74, 6) is 1.07. The van der Waals surface area contributed by atoms with Crippen LogP contribution in [-0.2, 0) is 6.54 Å². The van der Waals surface area contributed by atoms with Gasteiger partial charge in [-0.15, -0.1) is 0 Å². The van der Waals surface area contributed by atoms with E-state index in [0.717, 1.165) is 22.4 Å². The van der Waals surface area contributed by atoms with Crippen LogP contribution in [0.1, 0.15) is 35.5 Å². The first kappa shape index (κ1) is 17.0. The van der Waals surface area contributed by atoms with Gasteiger partial charge in [0.15, 0.2) is 5.65 Å². The first-order chi connectivity index (χ1) is 12.0. The number of aromatic nitrogens is 3. The summed E-state index contributed by atoms with van der Waals surface area (Å²) in [6.07, 6.45) is 1.54. The van der Waals surface area contributed by atoms with Crippen LogP contribution in [0.4, 0.5) is 0 Å². The number of carbonyl (C=O) groups is 1. The third-order valence-electron chi connectivity index (χ3n) is 3.85. The number of aromatic amines is 1. The Labute approximate surface area is 146 Å². The highest BCUT2D eigenvalue weighted by Gasteiger charge is 2.11. The third kappa shape index (κ3) is 3.96. The molecule has 3 rings (SSSR count). The van der Waals surface area contributed by atoms with Crippen LogP contribution in [0.2, 0.25) is 0 Å². The number of hydrogen-bond acceptors (Lipinski definition) is 4. The van der Waals surface area contributed by atoms with E-state index in [-0.39, 0.29) is 5.91 Å². The number of ether oxygens (including phenoxy) is 1. The molecule has 0 aliphatic carbocycles. The lowest BCUT2D eigenvalue weighted by atomic mass is 10.1. The number of hydrogen-bond donors (Lipinski definition) is 2. The lowest BCUT2D eigenvalue weighted by molar-refractivity contribution is 0.0950. The highest BCUT2D eigenvalue weighted by Crippen LogP contribution is 2.19. The normalized spacial score (nSPS) is 11.0. The Morgan fingerprint density at radius 1 is 1.32 bits per heavy atom. The third-order valence-corrected chi connectivity index (χ3v) is 3.85. The molecule has 1 aromatic carbocycles. The van der Waals surface area contributed by atoms with Crippen molar-refractivity contribution in [2.45, 2.75) is 27.3 Å². The van der Waals surface area contributed by atoms with Crippen LogP contribution in [0, 0.1) is 12.8 Å². The molecule has 2 N–H and O–H groups in total. The van der Waals surface area contributed by atoms with Gasteiger partial charge in [0.2, 0.25) is 0 Å². The van der Waals surface area contributed by atoms with Crippen molar-refractivity contribution in [3.63, 3.8) is 0 Å². The molecule has 6 nitrogen and oxygen atoms in total. The van der Waals surface area contributed by atoms with E-state index in [1.807, 2.05) is 31.2 Å². The van der Waals surface area contributed by atoms with Crippen molar-refractivity contribution in [2.75, 3.05) is 6.61 Å². The second kappa shape index (κ2) is 7.34. The quantitative estimate of drug-likeness (QED) is 0.723. The van der Waals surface area contributed by atoms with Crippen LogP contribution >= 0.6 is 0 Å². The fourth-order valence-corrected chi connectivity index (χ4v) is 2.47. The van der Waals surface area contributed by atoms with E-state index in [1.165, 1.54) is 0 Å². The summed E-state index contributed by atoms with van der Waals surface area (Å²) in [7, 11) is 0. The monoisotopic (exact) mass is 338 g/mol. The zero-order valence-corrected chi connectivity index (χ0v) is 14.7. The first-order valence-corrected chi connectivity index (χ1v) is 8.34. The molecule has 0 saturated carbocycles. The number of nitrogens with zero attached hydrogens (tertiary/aromatic N) is 2. The van der Waals surface area contributed by atoms with Crippen LogP contribution in [0.5, 0.6) is 5.75 Å². The summed E-state index contributed by atoms with van der Waals surface area (Å²) in [6, 6.07) is 9.55. The summed E-state index contributed by atoms with van der Waals surface area (Å²) in [6.45, 7) is 7.15. The Balaban J connectivity index is 1.70. The summed E-state index contributed by atoms with van der Waals surface area (Å²) >= 11 is 0. The lowest BCUT2D eigenvalue weighted by Crippen LogP contribution is -2.23. The predicted octanol–water partition coefficient (Wildman–Crippen LogP) is 3.23. The molecule has 0 atom stereocenters. The van der Waals surface area contributed by atoms with E-state index in [4.69, 9.17) is 4.74 Å². The molecule has 2 heterocycles. The zero-order valence-electron chi connectivity index (χ0n) is 14.7. The molecule has 0 aliphatic rings. The molecule has 0 aliphatic heterocycles. The zero-order chi connectivity index (χ0) is 17.8. The van der Waals surface area contributed by atoms with Crippen LogP contribution in [0.15, 0.2) is 36.5 Å². The average molecular weight is 338 g/mol. The van der Waals surface area contributed by atoms with E-state index in [2.05, 4.69) is 34.3 Å². The van der Waals surface area contributed by atoms with Gasteiger partial charge in [-0.3, -0.25) is 9.89 Å². The predicted molar refractivity (Wildman–Crippen MR) is 96.6 cm³/mol. The Morgan fingerprint density at radius 3 is 2.92 bits per heavy atom. The maximum absolute atomic E-state index is 12.4. The fraction of sp³-hybridized carbons (Fsp3) is 0.316. The molecule has 2 aromatic heterocycles. The van der Waals surface area contributed by atoms with Crippen LogP contribution in [-0.4, -0.2) is 27.7 Å². The Hall–Kier alpha value is -2.89. The summed E-state index contributed by atoms with van der Waals surface area (Å²) < 4.78 is 5.82. The Kier molecular flexibility index (Phi) is 4.97. The minimum absolute atomic E-state index is 0.173. The van der Waals surface area contributed by atoms with Gasteiger partial charge in [-0.25, -0.2) is 4.98 Å².